The van der Waals surface area contributed by atoms with Crippen LogP contribution in [0.4, 0.5) is 24.3 Å². The normalized spacial score (nSPS) is 10.8. The van der Waals surface area contributed by atoms with Crippen LogP contribution in [0, 0.1) is 0 Å². The third kappa shape index (κ3) is 5.95. The Labute approximate surface area is 181 Å². The molecule has 166 valence electrons. The number of alkyl halides is 3. The fourth-order valence-corrected chi connectivity index (χ4v) is 3.11. The SMILES string of the molecule is Nc1nc2ccccc2[nH]1.O=C(O)c1csc(NC(=O)c2ccccc2OC(F)(F)F)n1. The molecular formula is C19H14F3N5O4S. The zero-order valence-electron chi connectivity index (χ0n) is 15.9. The molecule has 0 aliphatic heterocycles. The van der Waals surface area contributed by atoms with Crippen molar-refractivity contribution in [1.29, 1.82) is 0 Å². The molecule has 4 rings (SSSR count). The van der Waals surface area contributed by atoms with Gasteiger partial charge >= 0.3 is 12.3 Å². The minimum atomic E-state index is -4.94. The number of anilines is 2. The average Bonchev–Trinajstić information content (AvgIpc) is 3.33. The quantitative estimate of drug-likeness (QED) is 0.355. The molecule has 0 radical (unpaired) electrons. The number of imidazole rings is 1. The number of para-hydroxylation sites is 3. The van der Waals surface area contributed by atoms with Gasteiger partial charge in [0, 0.05) is 5.38 Å². The van der Waals surface area contributed by atoms with Gasteiger partial charge in [0.25, 0.3) is 5.91 Å². The van der Waals surface area contributed by atoms with E-state index in [9.17, 15) is 22.8 Å². The van der Waals surface area contributed by atoms with E-state index in [1.54, 1.807) is 0 Å². The highest BCUT2D eigenvalue weighted by Gasteiger charge is 2.33. The van der Waals surface area contributed by atoms with Crippen molar-refractivity contribution in [3.05, 3.63) is 65.2 Å². The molecule has 0 unspecified atom stereocenters. The minimum Gasteiger partial charge on any atom is -0.476 e. The van der Waals surface area contributed by atoms with Crippen LogP contribution in [-0.2, 0) is 0 Å². The number of carbonyl (C=O) groups excluding carboxylic acids is 1. The van der Waals surface area contributed by atoms with Gasteiger partial charge in [-0.25, -0.2) is 14.8 Å². The molecule has 0 fully saturated rings. The number of aromatic carboxylic acids is 1. The van der Waals surface area contributed by atoms with Crippen LogP contribution >= 0.6 is 11.3 Å². The Kier molecular flexibility index (Phi) is 6.59. The van der Waals surface area contributed by atoms with Crippen LogP contribution in [0.2, 0.25) is 0 Å². The monoisotopic (exact) mass is 465 g/mol. The predicted octanol–water partition coefficient (Wildman–Crippen LogP) is 4.14. The predicted molar refractivity (Wildman–Crippen MR) is 111 cm³/mol. The van der Waals surface area contributed by atoms with E-state index < -0.39 is 24.0 Å². The van der Waals surface area contributed by atoms with Crippen molar-refractivity contribution < 1.29 is 32.6 Å². The number of carboxylic acid groups (broad SMARTS) is 1. The van der Waals surface area contributed by atoms with Crippen molar-refractivity contribution in [3.8, 4) is 5.75 Å². The van der Waals surface area contributed by atoms with Crippen LogP contribution in [0.1, 0.15) is 20.8 Å². The summed E-state index contributed by atoms with van der Waals surface area (Å²) in [5.41, 5.74) is 6.69. The average molecular weight is 465 g/mol. The van der Waals surface area contributed by atoms with Crippen molar-refractivity contribution in [1.82, 2.24) is 15.0 Å². The van der Waals surface area contributed by atoms with Gasteiger partial charge in [0.15, 0.2) is 16.8 Å². The van der Waals surface area contributed by atoms with Crippen molar-refractivity contribution >= 4 is 45.3 Å². The fraction of sp³-hybridized carbons (Fsp3) is 0.0526. The Morgan fingerprint density at radius 1 is 1.09 bits per heavy atom. The first-order chi connectivity index (χ1) is 15.1. The number of fused-ring (bicyclic) bond motifs is 1. The molecule has 0 saturated heterocycles. The minimum absolute atomic E-state index is 0.0517. The molecule has 2 aromatic heterocycles. The molecule has 4 aromatic rings. The molecular weight excluding hydrogens is 451 g/mol. The maximum absolute atomic E-state index is 12.3. The second kappa shape index (κ2) is 9.34. The zero-order valence-corrected chi connectivity index (χ0v) is 16.7. The molecule has 0 saturated carbocycles. The summed E-state index contributed by atoms with van der Waals surface area (Å²) < 4.78 is 40.6. The van der Waals surface area contributed by atoms with Gasteiger partial charge in [0.05, 0.1) is 16.6 Å². The van der Waals surface area contributed by atoms with Crippen molar-refractivity contribution in [3.63, 3.8) is 0 Å². The summed E-state index contributed by atoms with van der Waals surface area (Å²) >= 11 is 0.833. The number of nitrogen functional groups attached to an aromatic ring is 1. The van der Waals surface area contributed by atoms with E-state index >= 15 is 0 Å². The van der Waals surface area contributed by atoms with E-state index in [0.29, 0.717) is 5.95 Å². The summed E-state index contributed by atoms with van der Waals surface area (Å²) in [5.74, 6) is -2.37. The first kappa shape index (κ1) is 22.6. The lowest BCUT2D eigenvalue weighted by Crippen LogP contribution is -2.20. The number of amides is 1. The van der Waals surface area contributed by atoms with E-state index in [1.807, 2.05) is 24.3 Å². The molecule has 32 heavy (non-hydrogen) atoms. The molecule has 0 aliphatic rings. The maximum atomic E-state index is 12.3. The molecule has 1 amide bonds. The molecule has 0 atom stereocenters. The van der Waals surface area contributed by atoms with Gasteiger partial charge in [-0.1, -0.05) is 24.3 Å². The number of thiazole rings is 1. The number of ether oxygens (including phenoxy) is 1. The number of aromatic amines is 1. The van der Waals surface area contributed by atoms with Crippen LogP contribution in [0.3, 0.4) is 0 Å². The van der Waals surface area contributed by atoms with Gasteiger partial charge in [-0.15, -0.1) is 24.5 Å². The number of aromatic nitrogens is 3. The van der Waals surface area contributed by atoms with Gasteiger partial charge in [0.2, 0.25) is 0 Å². The molecule has 0 spiro atoms. The second-order valence-electron chi connectivity index (χ2n) is 5.98. The van der Waals surface area contributed by atoms with Crippen LogP contribution in [0.25, 0.3) is 11.0 Å². The standard InChI is InChI=1S/C12H7F3N2O4S.C7H7N3/c13-12(14,15)21-8-4-2-1-3-6(8)9(18)17-11-16-7(5-22-11)10(19)20;8-7-9-5-3-1-2-4-6(5)10-7/h1-5H,(H,19,20)(H,16,17,18);1-4H,(H3,8,9,10). The van der Waals surface area contributed by atoms with Gasteiger partial charge in [0.1, 0.15) is 5.75 Å². The molecule has 5 N–H and O–H groups in total. The fourth-order valence-electron chi connectivity index (χ4n) is 2.43. The highest BCUT2D eigenvalue weighted by Crippen LogP contribution is 2.27. The number of hydrogen-bond acceptors (Lipinski definition) is 7. The lowest BCUT2D eigenvalue weighted by atomic mass is 10.2. The summed E-state index contributed by atoms with van der Waals surface area (Å²) in [4.78, 5) is 33.2. The molecule has 2 heterocycles. The van der Waals surface area contributed by atoms with E-state index in [2.05, 4.69) is 25.0 Å². The van der Waals surface area contributed by atoms with E-state index in [-0.39, 0.29) is 16.4 Å². The van der Waals surface area contributed by atoms with Crippen LogP contribution in [-0.4, -0.2) is 38.3 Å². The molecule has 0 aliphatic carbocycles. The summed E-state index contributed by atoms with van der Waals surface area (Å²) in [6.45, 7) is 0. The number of H-pyrrole nitrogens is 1. The Bertz CT molecular complexity index is 1220. The van der Waals surface area contributed by atoms with Crippen LogP contribution in [0.5, 0.6) is 5.75 Å². The number of carbonyl (C=O) groups is 2. The topological polar surface area (TPSA) is 143 Å². The highest BCUT2D eigenvalue weighted by atomic mass is 32.1. The number of halogens is 3. The number of carboxylic acids is 1. The van der Waals surface area contributed by atoms with Crippen molar-refractivity contribution in [2.45, 2.75) is 6.36 Å². The lowest BCUT2D eigenvalue weighted by molar-refractivity contribution is -0.274. The maximum Gasteiger partial charge on any atom is 0.573 e. The van der Waals surface area contributed by atoms with Gasteiger partial charge in [-0.3, -0.25) is 10.1 Å². The second-order valence-corrected chi connectivity index (χ2v) is 6.84. The highest BCUT2D eigenvalue weighted by molar-refractivity contribution is 7.14. The molecule has 0 bridgehead atoms. The summed E-state index contributed by atoms with van der Waals surface area (Å²) in [5, 5.41) is 12.1. The van der Waals surface area contributed by atoms with Crippen molar-refractivity contribution in [2.75, 3.05) is 11.1 Å². The smallest absolute Gasteiger partial charge is 0.476 e. The van der Waals surface area contributed by atoms with Gasteiger partial charge < -0.3 is 20.6 Å². The zero-order chi connectivity index (χ0) is 23.3. The number of hydrogen-bond donors (Lipinski definition) is 4. The van der Waals surface area contributed by atoms with Crippen molar-refractivity contribution in [2.24, 2.45) is 0 Å². The van der Waals surface area contributed by atoms with Gasteiger partial charge in [-0.05, 0) is 24.3 Å². The summed E-state index contributed by atoms with van der Waals surface area (Å²) in [6.07, 6.45) is -4.94. The lowest BCUT2D eigenvalue weighted by Gasteiger charge is -2.12. The third-order valence-corrected chi connectivity index (χ3v) is 4.47. The molecule has 13 heteroatoms. The first-order valence-corrected chi connectivity index (χ1v) is 9.55. The Balaban J connectivity index is 0.000000238. The van der Waals surface area contributed by atoms with Gasteiger partial charge in [-0.2, -0.15) is 0 Å². The largest absolute Gasteiger partial charge is 0.573 e. The molecule has 9 nitrogen and oxygen atoms in total. The number of nitrogens with two attached hydrogens (primary N) is 1. The number of nitrogens with one attached hydrogen (secondary N) is 2. The van der Waals surface area contributed by atoms with E-state index in [4.69, 9.17) is 10.8 Å². The van der Waals surface area contributed by atoms with E-state index in [1.165, 1.54) is 17.5 Å². The Hall–Kier alpha value is -4.13. The van der Waals surface area contributed by atoms with Crippen LogP contribution < -0.4 is 15.8 Å². The summed E-state index contributed by atoms with van der Waals surface area (Å²) in [6, 6.07) is 12.5. The number of nitrogens with zero attached hydrogens (tertiary/aromatic N) is 2. The number of benzene rings is 2. The Morgan fingerprint density at radius 3 is 2.44 bits per heavy atom. The first-order valence-electron chi connectivity index (χ1n) is 8.67. The third-order valence-electron chi connectivity index (χ3n) is 3.71. The summed E-state index contributed by atoms with van der Waals surface area (Å²) in [7, 11) is 0. The van der Waals surface area contributed by atoms with Crippen LogP contribution in [0.15, 0.2) is 53.9 Å². The number of rotatable bonds is 4. The van der Waals surface area contributed by atoms with E-state index in [0.717, 1.165) is 34.5 Å². The molecule has 2 aromatic carbocycles. The Morgan fingerprint density at radius 2 is 1.78 bits per heavy atom.